The van der Waals surface area contributed by atoms with Crippen LogP contribution < -0.4 is 0 Å². The average molecular weight is 210 g/mol. The third kappa shape index (κ3) is 8.96. The SMILES string of the molecule is C1CCCC1.C1CCCC1.C1CCCC1. The molecule has 90 valence electrons. The molecule has 0 aromatic carbocycles. The summed E-state index contributed by atoms with van der Waals surface area (Å²) in [5.74, 6) is 0. The number of hydrogen-bond donors (Lipinski definition) is 0. The van der Waals surface area contributed by atoms with E-state index in [1.165, 1.54) is 96.3 Å². The van der Waals surface area contributed by atoms with Gasteiger partial charge in [-0.1, -0.05) is 96.3 Å². The predicted octanol–water partition coefficient (Wildman–Crippen LogP) is 5.85. The van der Waals surface area contributed by atoms with Crippen molar-refractivity contribution in [2.45, 2.75) is 96.3 Å². The van der Waals surface area contributed by atoms with Crippen LogP contribution in [-0.2, 0) is 0 Å². The summed E-state index contributed by atoms with van der Waals surface area (Å²) in [5.41, 5.74) is 0. The maximum absolute atomic E-state index is 1.50. The lowest BCUT2D eigenvalue weighted by molar-refractivity contribution is 0.886. The van der Waals surface area contributed by atoms with Crippen LogP contribution in [0.3, 0.4) is 0 Å². The first kappa shape index (κ1) is 13.1. The Kier molecular flexibility index (Phi) is 9.16. The monoisotopic (exact) mass is 210 g/mol. The quantitative estimate of drug-likeness (QED) is 0.470. The highest BCUT2D eigenvalue weighted by atomic mass is 14.0. The molecule has 0 atom stereocenters. The van der Waals surface area contributed by atoms with Gasteiger partial charge in [-0.05, 0) is 0 Å². The molecule has 3 aliphatic carbocycles. The molecule has 0 amide bonds. The molecule has 0 radical (unpaired) electrons. The van der Waals surface area contributed by atoms with E-state index in [2.05, 4.69) is 0 Å². The molecular formula is C15H30. The van der Waals surface area contributed by atoms with Gasteiger partial charge in [-0.3, -0.25) is 0 Å². The zero-order chi connectivity index (χ0) is 10.6. The highest BCUT2D eigenvalue weighted by Crippen LogP contribution is 2.16. The smallest absolute Gasteiger partial charge is 0.0533 e. The molecule has 0 N–H and O–H groups in total. The van der Waals surface area contributed by atoms with E-state index in [0.29, 0.717) is 0 Å². The van der Waals surface area contributed by atoms with E-state index in [9.17, 15) is 0 Å². The van der Waals surface area contributed by atoms with Gasteiger partial charge in [-0.25, -0.2) is 0 Å². The molecule has 3 rings (SSSR count). The van der Waals surface area contributed by atoms with Gasteiger partial charge >= 0.3 is 0 Å². The van der Waals surface area contributed by atoms with Crippen molar-refractivity contribution < 1.29 is 0 Å². The fourth-order valence-corrected chi connectivity index (χ4v) is 2.65. The Morgan fingerprint density at radius 2 is 0.200 bits per heavy atom. The molecule has 0 nitrogen and oxygen atoms in total. The average Bonchev–Trinajstić information content (AvgIpc) is 3.09. The van der Waals surface area contributed by atoms with Gasteiger partial charge in [0.05, 0.1) is 0 Å². The first-order valence-corrected chi connectivity index (χ1v) is 7.50. The van der Waals surface area contributed by atoms with Crippen molar-refractivity contribution >= 4 is 0 Å². The van der Waals surface area contributed by atoms with Crippen LogP contribution in [0, 0.1) is 0 Å². The normalized spacial score (nSPS) is 24.0. The molecule has 0 aliphatic heterocycles. The molecular weight excluding hydrogens is 180 g/mol. The lowest BCUT2D eigenvalue weighted by atomic mass is 10.4. The Labute approximate surface area is 96.8 Å². The summed E-state index contributed by atoms with van der Waals surface area (Å²) in [6.07, 6.45) is 22.5. The molecule has 0 aromatic heterocycles. The van der Waals surface area contributed by atoms with Crippen molar-refractivity contribution in [2.75, 3.05) is 0 Å². The second-order valence-electron chi connectivity index (χ2n) is 5.30. The van der Waals surface area contributed by atoms with Crippen LogP contribution in [-0.4, -0.2) is 0 Å². The van der Waals surface area contributed by atoms with Gasteiger partial charge in [-0.2, -0.15) is 0 Å². The standard InChI is InChI=1S/3C5H10/c3*1-2-4-5-3-1/h3*1-5H2. The van der Waals surface area contributed by atoms with Crippen molar-refractivity contribution in [3.63, 3.8) is 0 Å². The zero-order valence-corrected chi connectivity index (χ0v) is 10.6. The van der Waals surface area contributed by atoms with E-state index < -0.39 is 0 Å². The molecule has 3 saturated carbocycles. The van der Waals surface area contributed by atoms with E-state index in [1.54, 1.807) is 0 Å². The van der Waals surface area contributed by atoms with Crippen LogP contribution in [0.25, 0.3) is 0 Å². The molecule has 0 bridgehead atoms. The van der Waals surface area contributed by atoms with Crippen LogP contribution in [0.5, 0.6) is 0 Å². The van der Waals surface area contributed by atoms with Crippen LogP contribution in [0.1, 0.15) is 96.3 Å². The van der Waals surface area contributed by atoms with Gasteiger partial charge in [0.1, 0.15) is 0 Å². The molecule has 3 fully saturated rings. The predicted molar refractivity (Wildman–Crippen MR) is 69.3 cm³/mol. The second kappa shape index (κ2) is 10.5. The summed E-state index contributed by atoms with van der Waals surface area (Å²) in [5, 5.41) is 0. The highest BCUT2D eigenvalue weighted by molar-refractivity contribution is 4.51. The highest BCUT2D eigenvalue weighted by Gasteiger charge is 1.96. The van der Waals surface area contributed by atoms with Crippen LogP contribution in [0.2, 0.25) is 0 Å². The molecule has 0 heteroatoms. The van der Waals surface area contributed by atoms with Crippen molar-refractivity contribution in [2.24, 2.45) is 0 Å². The van der Waals surface area contributed by atoms with E-state index in [4.69, 9.17) is 0 Å². The molecule has 3 aliphatic rings. The molecule has 0 spiro atoms. The molecule has 0 unspecified atom stereocenters. The Morgan fingerprint density at radius 3 is 0.267 bits per heavy atom. The summed E-state index contributed by atoms with van der Waals surface area (Å²) >= 11 is 0. The first-order chi connectivity index (χ1) is 7.50. The summed E-state index contributed by atoms with van der Waals surface area (Å²) < 4.78 is 0. The molecule has 15 heavy (non-hydrogen) atoms. The van der Waals surface area contributed by atoms with Gasteiger partial charge in [0, 0.05) is 0 Å². The fraction of sp³-hybridized carbons (Fsp3) is 1.00. The Morgan fingerprint density at radius 1 is 0.133 bits per heavy atom. The van der Waals surface area contributed by atoms with Crippen LogP contribution in [0.15, 0.2) is 0 Å². The minimum atomic E-state index is 1.50. The maximum atomic E-state index is 1.50. The van der Waals surface area contributed by atoms with Gasteiger partial charge in [0.25, 0.3) is 0 Å². The van der Waals surface area contributed by atoms with E-state index in [0.717, 1.165) is 0 Å². The van der Waals surface area contributed by atoms with Crippen LogP contribution >= 0.6 is 0 Å². The third-order valence-electron chi connectivity index (χ3n) is 3.75. The Bertz CT molecular complexity index is 58.6. The van der Waals surface area contributed by atoms with Gasteiger partial charge < -0.3 is 0 Å². The number of hydrogen-bond acceptors (Lipinski definition) is 0. The Hall–Kier alpha value is 0. The lowest BCUT2D eigenvalue weighted by Crippen LogP contribution is -1.47. The molecule has 0 aromatic rings. The Balaban J connectivity index is 0.000000112. The van der Waals surface area contributed by atoms with Crippen molar-refractivity contribution in [1.82, 2.24) is 0 Å². The lowest BCUT2D eigenvalue weighted by Gasteiger charge is -1.67. The van der Waals surface area contributed by atoms with Gasteiger partial charge in [0.15, 0.2) is 0 Å². The number of rotatable bonds is 0. The zero-order valence-electron chi connectivity index (χ0n) is 10.6. The van der Waals surface area contributed by atoms with E-state index in [-0.39, 0.29) is 0 Å². The largest absolute Gasteiger partial charge is 0.0533 e. The van der Waals surface area contributed by atoms with Crippen LogP contribution in [0.4, 0.5) is 0 Å². The van der Waals surface area contributed by atoms with E-state index in [1.807, 2.05) is 0 Å². The molecule has 0 saturated heterocycles. The van der Waals surface area contributed by atoms with Crippen molar-refractivity contribution in [3.8, 4) is 0 Å². The van der Waals surface area contributed by atoms with Gasteiger partial charge in [0.2, 0.25) is 0 Å². The van der Waals surface area contributed by atoms with Gasteiger partial charge in [-0.15, -0.1) is 0 Å². The fourth-order valence-electron chi connectivity index (χ4n) is 2.65. The molecule has 0 heterocycles. The summed E-state index contributed by atoms with van der Waals surface area (Å²) in [6.45, 7) is 0. The topological polar surface area (TPSA) is 0 Å². The maximum Gasteiger partial charge on any atom is -0.0533 e. The van der Waals surface area contributed by atoms with E-state index >= 15 is 0 Å². The van der Waals surface area contributed by atoms with Crippen molar-refractivity contribution in [1.29, 1.82) is 0 Å². The minimum absolute atomic E-state index is 1.50. The summed E-state index contributed by atoms with van der Waals surface area (Å²) in [6, 6.07) is 0. The third-order valence-corrected chi connectivity index (χ3v) is 3.75. The second-order valence-corrected chi connectivity index (χ2v) is 5.30. The minimum Gasteiger partial charge on any atom is -0.0533 e. The van der Waals surface area contributed by atoms with Crippen molar-refractivity contribution in [3.05, 3.63) is 0 Å². The summed E-state index contributed by atoms with van der Waals surface area (Å²) in [7, 11) is 0. The first-order valence-electron chi connectivity index (χ1n) is 7.50. The summed E-state index contributed by atoms with van der Waals surface area (Å²) in [4.78, 5) is 0.